The van der Waals surface area contributed by atoms with Gasteiger partial charge in [0, 0.05) is 17.0 Å². The van der Waals surface area contributed by atoms with E-state index in [4.69, 9.17) is 5.73 Å². The minimum Gasteiger partial charge on any atom is -0.395 e. The molecule has 5 nitrogen and oxygen atoms in total. The highest BCUT2D eigenvalue weighted by molar-refractivity contribution is 6.23. The number of benzene rings is 1. The Bertz CT molecular complexity index is 949. The highest BCUT2D eigenvalue weighted by atomic mass is 16.1. The summed E-state index contributed by atoms with van der Waals surface area (Å²) in [5, 5.41) is 1.05. The second kappa shape index (κ2) is 4.39. The Morgan fingerprint density at radius 1 is 1.05 bits per heavy atom. The Balaban J connectivity index is 1.88. The number of para-hydroxylation sites is 1. The first kappa shape index (κ1) is 12.5. The van der Waals surface area contributed by atoms with Crippen molar-refractivity contribution in [1.82, 2.24) is 9.97 Å². The smallest absolute Gasteiger partial charge is 0.227 e. The Morgan fingerprint density at radius 3 is 2.68 bits per heavy atom. The van der Waals surface area contributed by atoms with Crippen LogP contribution in [0, 0.1) is 0 Å². The van der Waals surface area contributed by atoms with Crippen LogP contribution in [0.3, 0.4) is 0 Å². The van der Waals surface area contributed by atoms with Crippen LogP contribution < -0.4 is 5.73 Å². The molecule has 1 aliphatic rings. The lowest BCUT2D eigenvalue weighted by molar-refractivity contribution is 0.0979. The topological polar surface area (TPSA) is 88.8 Å². The zero-order valence-electron chi connectivity index (χ0n) is 11.5. The largest absolute Gasteiger partial charge is 0.395 e. The number of fused-ring (bicyclic) bond motifs is 2. The minimum absolute atomic E-state index is 0.0706. The second-order valence-electron chi connectivity index (χ2n) is 5.16. The highest BCUT2D eigenvalue weighted by Crippen LogP contribution is 2.25. The zero-order valence-corrected chi connectivity index (χ0v) is 11.5. The molecule has 0 unspecified atom stereocenters. The lowest BCUT2D eigenvalue weighted by Gasteiger charge is -2.12. The fourth-order valence-electron chi connectivity index (χ4n) is 2.61. The van der Waals surface area contributed by atoms with Crippen molar-refractivity contribution in [2.75, 3.05) is 0 Å². The highest BCUT2D eigenvalue weighted by Gasteiger charge is 2.26. The van der Waals surface area contributed by atoms with Gasteiger partial charge < -0.3 is 10.7 Å². The lowest BCUT2D eigenvalue weighted by Crippen LogP contribution is -2.23. The van der Waals surface area contributed by atoms with Crippen molar-refractivity contribution < 1.29 is 9.59 Å². The fourth-order valence-corrected chi connectivity index (χ4v) is 2.61. The third-order valence-electron chi connectivity index (χ3n) is 3.73. The maximum Gasteiger partial charge on any atom is 0.227 e. The number of H-pyrrole nitrogens is 1. The van der Waals surface area contributed by atoms with Gasteiger partial charge in [-0.2, -0.15) is 0 Å². The molecule has 22 heavy (non-hydrogen) atoms. The Kier molecular flexibility index (Phi) is 2.50. The molecule has 0 fully saturated rings. The molecule has 0 aliphatic heterocycles. The number of nitrogens with two attached hydrogens (primary N) is 1. The van der Waals surface area contributed by atoms with Crippen molar-refractivity contribution in [2.45, 2.75) is 0 Å². The molecule has 106 valence electrons. The first-order chi connectivity index (χ1) is 10.6. The van der Waals surface area contributed by atoms with Gasteiger partial charge in [0.15, 0.2) is 5.78 Å². The van der Waals surface area contributed by atoms with Crippen LogP contribution >= 0.6 is 0 Å². The minimum atomic E-state index is -0.410. The molecule has 5 heteroatoms. The van der Waals surface area contributed by atoms with E-state index in [1.165, 1.54) is 0 Å². The molecular weight excluding hydrogens is 278 g/mol. The number of carbonyl (C=O) groups is 2. The quantitative estimate of drug-likeness (QED) is 0.720. The molecule has 4 rings (SSSR count). The Morgan fingerprint density at radius 2 is 1.86 bits per heavy atom. The van der Waals surface area contributed by atoms with Crippen LogP contribution in [0.15, 0.2) is 54.2 Å². The number of hydrogen-bond acceptors (Lipinski definition) is 4. The van der Waals surface area contributed by atoms with Gasteiger partial charge in [0.25, 0.3) is 0 Å². The summed E-state index contributed by atoms with van der Waals surface area (Å²) in [7, 11) is 0. The monoisotopic (exact) mass is 289 g/mol. The summed E-state index contributed by atoms with van der Waals surface area (Å²) in [5.41, 5.74) is 8.29. The standard InChI is InChI=1S/C17H11N3O2/c18-11-8-15(21)10-5-6-13(20-16(10)17(11)22)14-7-9-3-1-2-4-12(9)19-14/h1-8,19H,18H2. The number of aromatic amines is 1. The van der Waals surface area contributed by atoms with Crippen LogP contribution in [0.2, 0.25) is 0 Å². The maximum absolute atomic E-state index is 12.1. The normalized spacial score (nSPS) is 14.1. The molecule has 0 saturated carbocycles. The SMILES string of the molecule is NC1=CC(=O)c2ccc(-c3cc4ccccc4[nH]3)nc2C1=O. The second-order valence-corrected chi connectivity index (χ2v) is 5.16. The third-order valence-corrected chi connectivity index (χ3v) is 3.73. The van der Waals surface area contributed by atoms with Crippen LogP contribution in [0.1, 0.15) is 20.8 Å². The van der Waals surface area contributed by atoms with Crippen LogP contribution in [-0.4, -0.2) is 21.5 Å². The summed E-state index contributed by atoms with van der Waals surface area (Å²) in [6.45, 7) is 0. The van der Waals surface area contributed by atoms with Crippen molar-refractivity contribution >= 4 is 22.5 Å². The molecule has 0 spiro atoms. The van der Waals surface area contributed by atoms with Gasteiger partial charge in [-0.3, -0.25) is 9.59 Å². The molecule has 0 bridgehead atoms. The number of nitrogens with zero attached hydrogens (tertiary/aromatic N) is 1. The van der Waals surface area contributed by atoms with E-state index in [0.717, 1.165) is 22.7 Å². The Hall–Kier alpha value is -3.21. The molecule has 3 aromatic rings. The van der Waals surface area contributed by atoms with E-state index in [1.54, 1.807) is 12.1 Å². The number of carbonyl (C=O) groups excluding carboxylic acids is 2. The molecule has 1 aromatic carbocycles. The number of Topliss-reactive ketones (excluding diaryl/α,β-unsaturated/α-hetero) is 1. The number of rotatable bonds is 1. The van der Waals surface area contributed by atoms with Crippen LogP contribution in [0.5, 0.6) is 0 Å². The van der Waals surface area contributed by atoms with E-state index in [-0.39, 0.29) is 17.2 Å². The molecule has 2 aromatic heterocycles. The summed E-state index contributed by atoms with van der Waals surface area (Å²) >= 11 is 0. The van der Waals surface area contributed by atoms with Crippen LogP contribution in [0.4, 0.5) is 0 Å². The average Bonchev–Trinajstić information content (AvgIpc) is 2.96. The van der Waals surface area contributed by atoms with Gasteiger partial charge in [0.2, 0.25) is 5.78 Å². The summed E-state index contributed by atoms with van der Waals surface area (Å²) in [6, 6.07) is 13.1. The van der Waals surface area contributed by atoms with Gasteiger partial charge in [-0.1, -0.05) is 18.2 Å². The predicted molar refractivity (Wildman–Crippen MR) is 82.5 cm³/mol. The van der Waals surface area contributed by atoms with Gasteiger partial charge in [-0.15, -0.1) is 0 Å². The van der Waals surface area contributed by atoms with E-state index in [2.05, 4.69) is 9.97 Å². The molecule has 0 amide bonds. The molecule has 0 saturated heterocycles. The number of nitrogens with one attached hydrogen (secondary N) is 1. The molecule has 1 aliphatic carbocycles. The van der Waals surface area contributed by atoms with E-state index < -0.39 is 5.78 Å². The molecule has 2 heterocycles. The number of hydrogen-bond donors (Lipinski definition) is 2. The molecule has 0 atom stereocenters. The van der Waals surface area contributed by atoms with Crippen molar-refractivity contribution in [3.05, 3.63) is 65.5 Å². The summed E-state index contributed by atoms with van der Waals surface area (Å²) < 4.78 is 0. The maximum atomic E-state index is 12.1. The van der Waals surface area contributed by atoms with Crippen LogP contribution in [-0.2, 0) is 0 Å². The van der Waals surface area contributed by atoms with Gasteiger partial charge in [-0.25, -0.2) is 4.98 Å². The number of allylic oxidation sites excluding steroid dienone is 2. The Labute approximate surface area is 125 Å². The number of ketones is 2. The first-order valence-corrected chi connectivity index (χ1v) is 6.79. The predicted octanol–water partition coefficient (Wildman–Crippen LogP) is 2.45. The fraction of sp³-hybridized carbons (Fsp3) is 0. The first-order valence-electron chi connectivity index (χ1n) is 6.79. The van der Waals surface area contributed by atoms with Crippen molar-refractivity contribution in [1.29, 1.82) is 0 Å². The van der Waals surface area contributed by atoms with E-state index in [0.29, 0.717) is 11.3 Å². The van der Waals surface area contributed by atoms with Gasteiger partial charge in [0.05, 0.1) is 22.6 Å². The lowest BCUT2D eigenvalue weighted by atomic mass is 9.97. The van der Waals surface area contributed by atoms with E-state index >= 15 is 0 Å². The summed E-state index contributed by atoms with van der Waals surface area (Å²) in [5.74, 6) is -0.699. The third kappa shape index (κ3) is 1.76. The van der Waals surface area contributed by atoms with Crippen LogP contribution in [0.25, 0.3) is 22.3 Å². The van der Waals surface area contributed by atoms with Gasteiger partial charge in [0.1, 0.15) is 5.69 Å². The van der Waals surface area contributed by atoms with E-state index in [1.807, 2.05) is 30.3 Å². The zero-order chi connectivity index (χ0) is 15.3. The molecular formula is C17H11N3O2. The van der Waals surface area contributed by atoms with Crippen molar-refractivity contribution in [3.8, 4) is 11.4 Å². The summed E-state index contributed by atoms with van der Waals surface area (Å²) in [4.78, 5) is 31.6. The van der Waals surface area contributed by atoms with E-state index in [9.17, 15) is 9.59 Å². The number of pyridine rings is 1. The number of aromatic nitrogens is 2. The van der Waals surface area contributed by atoms with Gasteiger partial charge in [-0.05, 0) is 24.3 Å². The van der Waals surface area contributed by atoms with Crippen molar-refractivity contribution in [2.24, 2.45) is 5.73 Å². The average molecular weight is 289 g/mol. The van der Waals surface area contributed by atoms with Crippen molar-refractivity contribution in [3.63, 3.8) is 0 Å². The van der Waals surface area contributed by atoms with Gasteiger partial charge >= 0.3 is 0 Å². The molecule has 0 radical (unpaired) electrons. The summed E-state index contributed by atoms with van der Waals surface area (Å²) in [6.07, 6.45) is 1.15. The molecule has 3 N–H and O–H groups in total.